The van der Waals surface area contributed by atoms with E-state index in [-0.39, 0.29) is 22.1 Å². The van der Waals surface area contributed by atoms with E-state index in [2.05, 4.69) is 21.3 Å². The van der Waals surface area contributed by atoms with E-state index in [0.717, 1.165) is 6.07 Å². The Labute approximate surface area is 162 Å². The van der Waals surface area contributed by atoms with Crippen molar-refractivity contribution in [3.8, 4) is 23.8 Å². The van der Waals surface area contributed by atoms with Crippen LogP contribution in [0.5, 0.6) is 0 Å². The first-order chi connectivity index (χ1) is 13.1. The molecule has 0 unspecified atom stereocenters. The molecule has 0 aliphatic heterocycles. The van der Waals surface area contributed by atoms with Gasteiger partial charge in [0.2, 0.25) is 0 Å². The van der Waals surface area contributed by atoms with Gasteiger partial charge >= 0.3 is 6.18 Å². The van der Waals surface area contributed by atoms with Crippen molar-refractivity contribution in [1.29, 1.82) is 0 Å². The minimum Gasteiger partial charge on any atom is -0.463 e. The van der Waals surface area contributed by atoms with E-state index < -0.39 is 29.0 Å². The van der Waals surface area contributed by atoms with Gasteiger partial charge in [-0.15, -0.1) is 6.42 Å². The first-order valence-corrected chi connectivity index (χ1v) is 8.48. The van der Waals surface area contributed by atoms with Crippen LogP contribution in [0.25, 0.3) is 17.1 Å². The van der Waals surface area contributed by atoms with Gasteiger partial charge in [-0.25, -0.2) is 9.50 Å². The second kappa shape index (κ2) is 6.87. The van der Waals surface area contributed by atoms with Gasteiger partial charge in [0.15, 0.2) is 22.8 Å². The molecule has 3 aromatic rings. The van der Waals surface area contributed by atoms with Gasteiger partial charge in [0.05, 0.1) is 11.8 Å². The molecule has 3 aromatic heterocycles. The molecule has 3 rings (SSSR count). The number of terminal acetylenes is 1. The van der Waals surface area contributed by atoms with Crippen LogP contribution in [0.15, 0.2) is 28.9 Å². The molecule has 3 heterocycles. The third kappa shape index (κ3) is 3.43. The molecule has 1 N–H and O–H groups in total. The van der Waals surface area contributed by atoms with Crippen LogP contribution in [-0.4, -0.2) is 26.0 Å². The number of halogens is 4. The summed E-state index contributed by atoms with van der Waals surface area (Å²) < 4.78 is 46.3. The minimum absolute atomic E-state index is 0.0967. The molecular formula is C18H14ClF3N4O2. The van der Waals surface area contributed by atoms with Crippen molar-refractivity contribution in [3.05, 3.63) is 40.9 Å². The number of carbonyl (C=O) groups is 1. The summed E-state index contributed by atoms with van der Waals surface area (Å²) in [4.78, 5) is 16.6. The van der Waals surface area contributed by atoms with E-state index in [1.807, 2.05) is 0 Å². The van der Waals surface area contributed by atoms with Crippen molar-refractivity contribution in [1.82, 2.24) is 19.9 Å². The number of nitrogens with zero attached hydrogens (tertiary/aromatic N) is 3. The largest absolute Gasteiger partial charge is 0.463 e. The molecule has 0 saturated carbocycles. The monoisotopic (exact) mass is 410 g/mol. The number of aromatic nitrogens is 3. The number of furan rings is 1. The van der Waals surface area contributed by atoms with Crippen LogP contribution in [0.3, 0.4) is 0 Å². The van der Waals surface area contributed by atoms with Crippen molar-refractivity contribution < 1.29 is 22.4 Å². The quantitative estimate of drug-likeness (QED) is 0.654. The molecule has 0 aliphatic carbocycles. The number of alkyl halides is 3. The smallest absolute Gasteiger partial charge is 0.433 e. The van der Waals surface area contributed by atoms with Crippen LogP contribution in [-0.2, 0) is 6.18 Å². The fourth-order valence-corrected chi connectivity index (χ4v) is 2.67. The van der Waals surface area contributed by atoms with E-state index in [1.54, 1.807) is 13.8 Å². The number of carbonyl (C=O) groups excluding carboxylic acids is 1. The second-order valence-electron chi connectivity index (χ2n) is 6.18. The summed E-state index contributed by atoms with van der Waals surface area (Å²) in [5, 5.41) is 5.97. The molecule has 0 saturated heterocycles. The van der Waals surface area contributed by atoms with Crippen LogP contribution in [0.2, 0.25) is 5.02 Å². The SMILES string of the molecule is C#C[C@@](C)(CC)NC(=O)c1nn2c(C(F)(F)F)cc(-c3ccco3)nc2c1Cl. The lowest BCUT2D eigenvalue weighted by molar-refractivity contribution is -0.142. The standard InChI is InChI=1S/C18H14ClF3N4O2/c1-4-17(3,5-2)24-16(27)14-13(19)15-23-10(11-7-6-8-28-11)9-12(18(20,21)22)26(15)25-14/h1,6-9H,5H2,2-3H3,(H,24,27)/t17-/m0/s1. The Morgan fingerprint density at radius 2 is 2.18 bits per heavy atom. The molecule has 1 amide bonds. The first kappa shape index (κ1) is 19.8. The Bertz CT molecular complexity index is 1080. The second-order valence-corrected chi connectivity index (χ2v) is 6.56. The number of fused-ring (bicyclic) bond motifs is 1. The van der Waals surface area contributed by atoms with Gasteiger partial charge in [0, 0.05) is 0 Å². The molecular weight excluding hydrogens is 397 g/mol. The van der Waals surface area contributed by atoms with Crippen LogP contribution in [0.1, 0.15) is 36.5 Å². The van der Waals surface area contributed by atoms with E-state index in [9.17, 15) is 18.0 Å². The summed E-state index contributed by atoms with van der Waals surface area (Å²) in [5.74, 6) is 1.74. The normalized spacial score (nSPS) is 13.9. The predicted octanol–water partition coefficient (Wildman–Crippen LogP) is 4.19. The van der Waals surface area contributed by atoms with E-state index in [4.69, 9.17) is 22.4 Å². The fourth-order valence-electron chi connectivity index (χ4n) is 2.43. The molecule has 0 radical (unpaired) electrons. The van der Waals surface area contributed by atoms with E-state index in [0.29, 0.717) is 10.9 Å². The molecule has 0 bridgehead atoms. The van der Waals surface area contributed by atoms with Crippen molar-refractivity contribution in [2.24, 2.45) is 0 Å². The molecule has 0 fully saturated rings. The lowest BCUT2D eigenvalue weighted by Crippen LogP contribution is -2.44. The molecule has 10 heteroatoms. The third-order valence-corrected chi connectivity index (χ3v) is 4.58. The van der Waals surface area contributed by atoms with Gasteiger partial charge < -0.3 is 9.73 Å². The van der Waals surface area contributed by atoms with Crippen LogP contribution in [0.4, 0.5) is 13.2 Å². The molecule has 0 spiro atoms. The zero-order valence-corrected chi connectivity index (χ0v) is 15.5. The molecule has 1 atom stereocenters. The fraction of sp³-hybridized carbons (Fsp3) is 0.278. The zero-order valence-electron chi connectivity index (χ0n) is 14.8. The van der Waals surface area contributed by atoms with Gasteiger partial charge in [0.1, 0.15) is 10.7 Å². The third-order valence-electron chi connectivity index (χ3n) is 4.23. The predicted molar refractivity (Wildman–Crippen MR) is 95.7 cm³/mol. The lowest BCUT2D eigenvalue weighted by atomic mass is 10.0. The number of hydrogen-bond acceptors (Lipinski definition) is 4. The highest BCUT2D eigenvalue weighted by molar-refractivity contribution is 6.36. The summed E-state index contributed by atoms with van der Waals surface area (Å²) in [7, 11) is 0. The highest BCUT2D eigenvalue weighted by Crippen LogP contribution is 2.34. The Morgan fingerprint density at radius 1 is 1.46 bits per heavy atom. The van der Waals surface area contributed by atoms with Crippen LogP contribution in [0, 0.1) is 12.3 Å². The molecule has 28 heavy (non-hydrogen) atoms. The number of nitrogens with one attached hydrogen (secondary N) is 1. The lowest BCUT2D eigenvalue weighted by Gasteiger charge is -2.22. The molecule has 0 aromatic carbocycles. The maximum Gasteiger partial charge on any atom is 0.433 e. The maximum atomic E-state index is 13.6. The molecule has 146 valence electrons. The van der Waals surface area contributed by atoms with E-state index in [1.165, 1.54) is 18.4 Å². The summed E-state index contributed by atoms with van der Waals surface area (Å²) >= 11 is 6.17. The van der Waals surface area contributed by atoms with Crippen LogP contribution >= 0.6 is 11.6 Å². The van der Waals surface area contributed by atoms with Crippen molar-refractivity contribution in [3.63, 3.8) is 0 Å². The van der Waals surface area contributed by atoms with Gasteiger partial charge in [-0.2, -0.15) is 18.3 Å². The average Bonchev–Trinajstić information content (AvgIpc) is 3.28. The number of hydrogen-bond donors (Lipinski definition) is 1. The van der Waals surface area contributed by atoms with Crippen molar-refractivity contribution >= 4 is 23.2 Å². The van der Waals surface area contributed by atoms with Crippen molar-refractivity contribution in [2.75, 3.05) is 0 Å². The molecule has 6 nitrogen and oxygen atoms in total. The van der Waals surface area contributed by atoms with Crippen molar-refractivity contribution in [2.45, 2.75) is 32.0 Å². The molecule has 0 aliphatic rings. The Morgan fingerprint density at radius 3 is 2.71 bits per heavy atom. The minimum atomic E-state index is -4.78. The van der Waals surface area contributed by atoms with Gasteiger partial charge in [-0.05, 0) is 31.5 Å². The topological polar surface area (TPSA) is 72.4 Å². The Balaban J connectivity index is 2.19. The van der Waals surface area contributed by atoms with Gasteiger partial charge in [-0.1, -0.05) is 24.4 Å². The zero-order chi connectivity index (χ0) is 20.7. The summed E-state index contributed by atoms with van der Waals surface area (Å²) in [6, 6.07) is 3.74. The van der Waals surface area contributed by atoms with Gasteiger partial charge in [0.25, 0.3) is 5.91 Å². The summed E-state index contributed by atoms with van der Waals surface area (Å²) in [5.41, 5.74) is -2.99. The van der Waals surface area contributed by atoms with Crippen LogP contribution < -0.4 is 5.32 Å². The highest BCUT2D eigenvalue weighted by atomic mass is 35.5. The Kier molecular flexibility index (Phi) is 4.85. The first-order valence-electron chi connectivity index (χ1n) is 8.10. The summed E-state index contributed by atoms with van der Waals surface area (Å²) in [6.07, 6.45) is 2.34. The summed E-state index contributed by atoms with van der Waals surface area (Å²) in [6.45, 7) is 3.35. The number of rotatable bonds is 4. The highest BCUT2D eigenvalue weighted by Gasteiger charge is 2.37. The number of amides is 1. The van der Waals surface area contributed by atoms with E-state index >= 15 is 0 Å². The Hall–Kier alpha value is -2.99. The maximum absolute atomic E-state index is 13.6. The average molecular weight is 411 g/mol. The van der Waals surface area contributed by atoms with Gasteiger partial charge in [-0.3, -0.25) is 4.79 Å².